The van der Waals surface area contributed by atoms with Gasteiger partial charge >= 0.3 is 6.03 Å². The van der Waals surface area contributed by atoms with Gasteiger partial charge in [-0.05, 0) is 12.1 Å². The van der Waals surface area contributed by atoms with E-state index in [-0.39, 0.29) is 12.3 Å². The zero-order chi connectivity index (χ0) is 19.1. The highest BCUT2D eigenvalue weighted by atomic mass is 16.5. The van der Waals surface area contributed by atoms with Crippen molar-refractivity contribution in [2.75, 3.05) is 44.4 Å². The number of carbonyl (C=O) groups excluding carboxylic acids is 2. The van der Waals surface area contributed by atoms with Crippen molar-refractivity contribution >= 4 is 23.4 Å². The van der Waals surface area contributed by atoms with Gasteiger partial charge in [0.25, 0.3) is 0 Å². The van der Waals surface area contributed by atoms with E-state index in [1.807, 2.05) is 12.1 Å². The van der Waals surface area contributed by atoms with Crippen molar-refractivity contribution in [3.05, 3.63) is 30.1 Å². The molecule has 0 atom stereocenters. The van der Waals surface area contributed by atoms with Gasteiger partial charge in [-0.15, -0.1) is 0 Å². The number of imidazole rings is 1. The fraction of sp³-hybridized carbons (Fsp3) is 0.389. The van der Waals surface area contributed by atoms with E-state index in [0.717, 1.165) is 5.56 Å². The van der Waals surface area contributed by atoms with Crippen LogP contribution in [0.2, 0.25) is 0 Å². The first-order chi connectivity index (χ1) is 13.2. The largest absolute Gasteiger partial charge is 0.378 e. The number of rotatable bonds is 7. The maximum Gasteiger partial charge on any atom is 0.329 e. The number of urea groups is 1. The van der Waals surface area contributed by atoms with E-state index >= 15 is 0 Å². The smallest absolute Gasteiger partial charge is 0.329 e. The van der Waals surface area contributed by atoms with Crippen LogP contribution < -0.4 is 16.0 Å². The number of pyridine rings is 1. The molecule has 142 valence electrons. The predicted molar refractivity (Wildman–Crippen MR) is 98.3 cm³/mol. The summed E-state index contributed by atoms with van der Waals surface area (Å²) in [4.78, 5) is 29.1. The van der Waals surface area contributed by atoms with E-state index in [4.69, 9.17) is 15.2 Å². The number of fused-ring (bicyclic) bond motifs is 1. The molecular formula is C18H21N5O4. The summed E-state index contributed by atoms with van der Waals surface area (Å²) in [7, 11) is 0. The average Bonchev–Trinajstić information content (AvgIpc) is 3.07. The minimum atomic E-state index is -0.440. The normalized spacial score (nSPS) is 14.2. The van der Waals surface area contributed by atoms with Gasteiger partial charge in [0.15, 0.2) is 0 Å². The average molecular weight is 371 g/mol. The van der Waals surface area contributed by atoms with E-state index in [9.17, 15) is 9.59 Å². The van der Waals surface area contributed by atoms with E-state index in [0.29, 0.717) is 51.0 Å². The summed E-state index contributed by atoms with van der Waals surface area (Å²) >= 11 is 0. The van der Waals surface area contributed by atoms with Crippen molar-refractivity contribution in [3.63, 3.8) is 0 Å². The molecule has 3 N–H and O–H groups in total. The molecule has 3 rings (SSSR count). The Morgan fingerprint density at radius 3 is 2.93 bits per heavy atom. The second-order valence-corrected chi connectivity index (χ2v) is 5.77. The highest BCUT2D eigenvalue weighted by Crippen LogP contribution is 2.19. The van der Waals surface area contributed by atoms with Gasteiger partial charge < -0.3 is 15.2 Å². The van der Waals surface area contributed by atoms with Crippen molar-refractivity contribution in [3.8, 4) is 11.8 Å². The number of anilines is 1. The molecule has 3 heterocycles. The fourth-order valence-corrected chi connectivity index (χ4v) is 2.59. The minimum absolute atomic E-state index is 0.264. The molecule has 0 bridgehead atoms. The number of hydrogen-bond donors (Lipinski definition) is 2. The van der Waals surface area contributed by atoms with Gasteiger partial charge in [0.1, 0.15) is 18.1 Å². The Labute approximate surface area is 156 Å². The van der Waals surface area contributed by atoms with Crippen molar-refractivity contribution in [1.82, 2.24) is 14.7 Å². The quantitative estimate of drug-likeness (QED) is 0.528. The first-order valence-corrected chi connectivity index (χ1v) is 8.62. The van der Waals surface area contributed by atoms with Crippen molar-refractivity contribution < 1.29 is 19.1 Å². The van der Waals surface area contributed by atoms with Crippen LogP contribution in [0.1, 0.15) is 12.0 Å². The molecule has 1 fully saturated rings. The molecule has 9 heteroatoms. The van der Waals surface area contributed by atoms with Crippen LogP contribution in [0.3, 0.4) is 0 Å². The maximum atomic E-state index is 12.0. The Hall–Kier alpha value is -2.93. The van der Waals surface area contributed by atoms with Crippen LogP contribution in [-0.2, 0) is 14.3 Å². The topological polar surface area (TPSA) is 111 Å². The van der Waals surface area contributed by atoms with E-state index in [1.165, 1.54) is 4.90 Å². The van der Waals surface area contributed by atoms with E-state index < -0.39 is 6.03 Å². The summed E-state index contributed by atoms with van der Waals surface area (Å²) in [5.74, 6) is 6.29. The standard InChI is InChI=1S/C18H21N5O4/c19-5-9-27-11-10-26-8-1-2-14-3-6-22-15(12-14)20-13-17(22)23-7-4-16(24)21-18(23)25/h3,6,12-13H,4-5,7-11,19H2,(H,21,24,25). The highest BCUT2D eigenvalue weighted by molar-refractivity contribution is 6.05. The molecule has 1 aliphatic heterocycles. The summed E-state index contributed by atoms with van der Waals surface area (Å²) < 4.78 is 12.3. The summed E-state index contributed by atoms with van der Waals surface area (Å²) in [5, 5.41) is 2.31. The molecule has 1 aliphatic rings. The molecule has 3 amide bonds. The van der Waals surface area contributed by atoms with Gasteiger partial charge in [-0.25, -0.2) is 9.78 Å². The third-order valence-corrected chi connectivity index (χ3v) is 3.87. The molecule has 0 saturated carbocycles. The SMILES string of the molecule is NCCOCCOCC#Cc1ccn2c(N3CCC(=O)NC3=O)cnc2c1. The molecule has 0 spiro atoms. The Morgan fingerprint density at radius 1 is 1.26 bits per heavy atom. The molecule has 27 heavy (non-hydrogen) atoms. The van der Waals surface area contributed by atoms with Crippen LogP contribution in [0.25, 0.3) is 5.65 Å². The van der Waals surface area contributed by atoms with Gasteiger partial charge in [0.2, 0.25) is 5.91 Å². The highest BCUT2D eigenvalue weighted by Gasteiger charge is 2.26. The minimum Gasteiger partial charge on any atom is -0.378 e. The predicted octanol–water partition coefficient (Wildman–Crippen LogP) is 0.124. The molecule has 2 aromatic rings. The second-order valence-electron chi connectivity index (χ2n) is 5.77. The molecule has 0 aromatic carbocycles. The number of amides is 3. The molecule has 1 saturated heterocycles. The van der Waals surface area contributed by atoms with E-state index in [1.54, 1.807) is 16.8 Å². The molecule has 0 radical (unpaired) electrons. The van der Waals surface area contributed by atoms with Crippen LogP contribution in [0, 0.1) is 11.8 Å². The van der Waals surface area contributed by atoms with Crippen LogP contribution >= 0.6 is 0 Å². The lowest BCUT2D eigenvalue weighted by Gasteiger charge is -2.25. The van der Waals surface area contributed by atoms with Gasteiger partial charge in [-0.2, -0.15) is 0 Å². The summed E-state index contributed by atoms with van der Waals surface area (Å²) in [6.45, 7) is 2.62. The number of nitrogens with one attached hydrogen (secondary N) is 1. The zero-order valence-electron chi connectivity index (χ0n) is 14.8. The second kappa shape index (κ2) is 9.14. The molecule has 2 aromatic heterocycles. The molecular weight excluding hydrogens is 350 g/mol. The zero-order valence-corrected chi connectivity index (χ0v) is 14.8. The first-order valence-electron chi connectivity index (χ1n) is 8.62. The number of aromatic nitrogens is 2. The fourth-order valence-electron chi connectivity index (χ4n) is 2.59. The lowest BCUT2D eigenvalue weighted by atomic mass is 10.2. The number of imide groups is 1. The monoisotopic (exact) mass is 371 g/mol. The van der Waals surface area contributed by atoms with Crippen LogP contribution in [0.15, 0.2) is 24.5 Å². The van der Waals surface area contributed by atoms with Crippen molar-refractivity contribution in [1.29, 1.82) is 0 Å². The van der Waals surface area contributed by atoms with Crippen LogP contribution in [0.5, 0.6) is 0 Å². The number of nitrogens with two attached hydrogens (primary N) is 1. The van der Waals surface area contributed by atoms with Crippen LogP contribution in [0.4, 0.5) is 10.6 Å². The summed E-state index contributed by atoms with van der Waals surface area (Å²) in [5.41, 5.74) is 6.78. The number of hydrogen-bond acceptors (Lipinski definition) is 6. The molecule has 9 nitrogen and oxygen atoms in total. The number of nitrogens with zero attached hydrogens (tertiary/aromatic N) is 3. The molecule has 0 aliphatic carbocycles. The van der Waals surface area contributed by atoms with Gasteiger partial charge in [0, 0.05) is 31.3 Å². The summed E-state index contributed by atoms with van der Waals surface area (Å²) in [6.07, 6.45) is 3.67. The first kappa shape index (κ1) is 18.8. The van der Waals surface area contributed by atoms with Crippen molar-refractivity contribution in [2.24, 2.45) is 5.73 Å². The lowest BCUT2D eigenvalue weighted by Crippen LogP contribution is -2.50. The Balaban J connectivity index is 1.60. The van der Waals surface area contributed by atoms with Crippen molar-refractivity contribution in [2.45, 2.75) is 6.42 Å². The van der Waals surface area contributed by atoms with Gasteiger partial charge in [0.05, 0.1) is 26.0 Å². The Kier molecular flexibility index (Phi) is 6.38. The molecule has 0 unspecified atom stereocenters. The Morgan fingerprint density at radius 2 is 2.11 bits per heavy atom. The number of ether oxygens (including phenoxy) is 2. The number of carbonyl (C=O) groups is 2. The maximum absolute atomic E-state index is 12.0. The lowest BCUT2D eigenvalue weighted by molar-refractivity contribution is -0.120. The third-order valence-electron chi connectivity index (χ3n) is 3.87. The summed E-state index contributed by atoms with van der Waals surface area (Å²) in [6, 6.07) is 3.22. The third kappa shape index (κ3) is 4.83. The van der Waals surface area contributed by atoms with Gasteiger partial charge in [-0.3, -0.25) is 19.4 Å². The van der Waals surface area contributed by atoms with Crippen LogP contribution in [-0.4, -0.2) is 60.8 Å². The van der Waals surface area contributed by atoms with E-state index in [2.05, 4.69) is 22.1 Å². The van der Waals surface area contributed by atoms with Gasteiger partial charge in [-0.1, -0.05) is 11.8 Å². The Bertz CT molecular complexity index is 883.